The van der Waals surface area contributed by atoms with E-state index < -0.39 is 0 Å². The molecule has 0 bridgehead atoms. The molecule has 4 heteroatoms. The fourth-order valence-corrected chi connectivity index (χ4v) is 2.60. The Morgan fingerprint density at radius 3 is 3.06 bits per heavy atom. The molecule has 1 N–H and O–H groups in total. The zero-order valence-corrected chi connectivity index (χ0v) is 9.50. The number of nitrogens with one attached hydrogen (secondary N) is 1. The van der Waals surface area contributed by atoms with Gasteiger partial charge in [0.05, 0.1) is 0 Å². The Balaban J connectivity index is 1.71. The van der Waals surface area contributed by atoms with Gasteiger partial charge in [0.25, 0.3) is 0 Å². The highest BCUT2D eigenvalue weighted by Crippen LogP contribution is 2.25. The minimum absolute atomic E-state index is 0.723. The van der Waals surface area contributed by atoms with Crippen LogP contribution < -0.4 is 5.32 Å². The van der Waals surface area contributed by atoms with Crippen molar-refractivity contribution in [1.82, 2.24) is 10.5 Å². The van der Waals surface area contributed by atoms with Crippen LogP contribution in [0.3, 0.4) is 0 Å². The molecule has 0 spiro atoms. The van der Waals surface area contributed by atoms with E-state index >= 15 is 0 Å². The summed E-state index contributed by atoms with van der Waals surface area (Å²) in [7, 11) is 0. The van der Waals surface area contributed by atoms with E-state index in [-0.39, 0.29) is 0 Å². The Labute approximate surface area is 95.3 Å². The monoisotopic (exact) mass is 222 g/mol. The van der Waals surface area contributed by atoms with E-state index in [1.807, 2.05) is 0 Å². The molecular formula is C12H18N2O2. The zero-order valence-electron chi connectivity index (χ0n) is 9.50. The van der Waals surface area contributed by atoms with Crippen molar-refractivity contribution in [2.24, 2.45) is 5.92 Å². The number of aromatic nitrogens is 1. The molecule has 2 aliphatic heterocycles. The Kier molecular flexibility index (Phi) is 2.93. The highest BCUT2D eigenvalue weighted by Gasteiger charge is 2.22. The lowest BCUT2D eigenvalue weighted by molar-refractivity contribution is 0.0645. The van der Waals surface area contributed by atoms with Crippen LogP contribution in [-0.2, 0) is 24.1 Å². The quantitative estimate of drug-likeness (QED) is 0.819. The van der Waals surface area contributed by atoms with Gasteiger partial charge in [0.15, 0.2) is 0 Å². The zero-order chi connectivity index (χ0) is 10.8. The van der Waals surface area contributed by atoms with Gasteiger partial charge in [0.2, 0.25) is 0 Å². The molecule has 0 amide bonds. The summed E-state index contributed by atoms with van der Waals surface area (Å²) in [6.07, 6.45) is 4.44. The van der Waals surface area contributed by atoms with Gasteiger partial charge in [-0.15, -0.1) is 0 Å². The molecule has 0 aliphatic carbocycles. The molecule has 1 aromatic rings. The maximum atomic E-state index is 5.49. The largest absolute Gasteiger partial charge is 0.381 e. The normalized spacial score (nSPS) is 22.0. The summed E-state index contributed by atoms with van der Waals surface area (Å²) in [6, 6.07) is 0. The number of fused-ring (bicyclic) bond motifs is 1. The van der Waals surface area contributed by atoms with Crippen molar-refractivity contribution in [2.75, 3.05) is 19.8 Å². The maximum Gasteiger partial charge on any atom is 0.140 e. The molecular weight excluding hydrogens is 204 g/mol. The van der Waals surface area contributed by atoms with Gasteiger partial charge in [-0.3, -0.25) is 0 Å². The van der Waals surface area contributed by atoms with Crippen molar-refractivity contribution in [3.05, 3.63) is 17.0 Å². The lowest BCUT2D eigenvalue weighted by atomic mass is 9.92. The third kappa shape index (κ3) is 1.99. The molecule has 4 nitrogen and oxygen atoms in total. The summed E-state index contributed by atoms with van der Waals surface area (Å²) in [5.74, 6) is 1.85. The second-order valence-electron chi connectivity index (χ2n) is 4.72. The lowest BCUT2D eigenvalue weighted by Gasteiger charge is -2.21. The Morgan fingerprint density at radius 1 is 1.31 bits per heavy atom. The Hall–Kier alpha value is -0.870. The SMILES string of the molecule is C1Cc2c(noc2CC2CCOCC2)CN1. The summed E-state index contributed by atoms with van der Waals surface area (Å²) in [4.78, 5) is 0. The predicted octanol–water partition coefficient (Wildman–Crippen LogP) is 1.29. The van der Waals surface area contributed by atoms with Crippen molar-refractivity contribution in [3.8, 4) is 0 Å². The second-order valence-corrected chi connectivity index (χ2v) is 4.72. The molecule has 0 unspecified atom stereocenters. The van der Waals surface area contributed by atoms with Crippen molar-refractivity contribution >= 4 is 0 Å². The molecule has 0 atom stereocenters. The first-order chi connectivity index (χ1) is 7.93. The van der Waals surface area contributed by atoms with Gasteiger partial charge in [-0.1, -0.05) is 5.16 Å². The van der Waals surface area contributed by atoms with Gasteiger partial charge in [0.1, 0.15) is 11.5 Å². The second kappa shape index (κ2) is 4.55. The fraction of sp³-hybridized carbons (Fsp3) is 0.750. The number of nitrogens with zero attached hydrogens (tertiary/aromatic N) is 1. The van der Waals surface area contributed by atoms with Gasteiger partial charge in [-0.05, 0) is 31.7 Å². The third-order valence-corrected chi connectivity index (χ3v) is 3.61. The van der Waals surface area contributed by atoms with Crippen LogP contribution >= 0.6 is 0 Å². The Bertz CT molecular complexity index is 356. The maximum absolute atomic E-state index is 5.49. The number of hydrogen-bond donors (Lipinski definition) is 1. The summed E-state index contributed by atoms with van der Waals surface area (Å²) in [5.41, 5.74) is 2.48. The van der Waals surface area contributed by atoms with Crippen LogP contribution in [0.1, 0.15) is 29.9 Å². The third-order valence-electron chi connectivity index (χ3n) is 3.61. The average Bonchev–Trinajstić information content (AvgIpc) is 2.74. The van der Waals surface area contributed by atoms with E-state index in [0.717, 1.165) is 69.4 Å². The average molecular weight is 222 g/mol. The molecule has 0 saturated carbocycles. The van der Waals surface area contributed by atoms with Crippen molar-refractivity contribution in [1.29, 1.82) is 0 Å². The van der Waals surface area contributed by atoms with Crippen molar-refractivity contribution in [3.63, 3.8) is 0 Å². The lowest BCUT2D eigenvalue weighted by Crippen LogP contribution is -2.24. The molecule has 3 heterocycles. The molecule has 2 aliphatic rings. The summed E-state index contributed by atoms with van der Waals surface area (Å²) >= 11 is 0. The van der Waals surface area contributed by atoms with E-state index in [2.05, 4.69) is 10.5 Å². The molecule has 0 radical (unpaired) electrons. The van der Waals surface area contributed by atoms with E-state index in [0.29, 0.717) is 0 Å². The van der Waals surface area contributed by atoms with Crippen molar-refractivity contribution in [2.45, 2.75) is 32.2 Å². The van der Waals surface area contributed by atoms with Crippen LogP contribution in [0, 0.1) is 5.92 Å². The van der Waals surface area contributed by atoms with E-state index in [1.54, 1.807) is 0 Å². The number of rotatable bonds is 2. The van der Waals surface area contributed by atoms with Crippen LogP contribution in [0.2, 0.25) is 0 Å². The van der Waals surface area contributed by atoms with Gasteiger partial charge in [0, 0.05) is 31.7 Å². The van der Waals surface area contributed by atoms with Gasteiger partial charge >= 0.3 is 0 Å². The molecule has 3 rings (SSSR count). The van der Waals surface area contributed by atoms with Crippen LogP contribution in [0.5, 0.6) is 0 Å². The summed E-state index contributed by atoms with van der Waals surface area (Å²) in [6.45, 7) is 3.73. The van der Waals surface area contributed by atoms with Crippen LogP contribution in [0.15, 0.2) is 4.52 Å². The minimum atomic E-state index is 0.723. The molecule has 1 saturated heterocycles. The van der Waals surface area contributed by atoms with Crippen LogP contribution in [0.4, 0.5) is 0 Å². The first kappa shape index (κ1) is 10.3. The minimum Gasteiger partial charge on any atom is -0.381 e. The van der Waals surface area contributed by atoms with Crippen molar-refractivity contribution < 1.29 is 9.26 Å². The molecule has 16 heavy (non-hydrogen) atoms. The van der Waals surface area contributed by atoms with Gasteiger partial charge in [-0.2, -0.15) is 0 Å². The highest BCUT2D eigenvalue weighted by molar-refractivity contribution is 5.25. The first-order valence-electron chi connectivity index (χ1n) is 6.18. The topological polar surface area (TPSA) is 47.3 Å². The number of hydrogen-bond acceptors (Lipinski definition) is 4. The fourth-order valence-electron chi connectivity index (χ4n) is 2.60. The van der Waals surface area contributed by atoms with Gasteiger partial charge < -0.3 is 14.6 Å². The number of ether oxygens (including phenoxy) is 1. The van der Waals surface area contributed by atoms with Crippen LogP contribution in [0.25, 0.3) is 0 Å². The molecule has 88 valence electrons. The smallest absolute Gasteiger partial charge is 0.140 e. The standard InChI is InChI=1S/C12H18N2O2/c1-4-13-8-11-10(1)12(16-14-11)7-9-2-5-15-6-3-9/h9,13H,1-8H2. The summed E-state index contributed by atoms with van der Waals surface area (Å²) in [5, 5.41) is 7.47. The molecule has 1 fully saturated rings. The summed E-state index contributed by atoms with van der Waals surface area (Å²) < 4.78 is 10.9. The van der Waals surface area contributed by atoms with Crippen LogP contribution in [-0.4, -0.2) is 24.9 Å². The molecule has 1 aromatic heterocycles. The Morgan fingerprint density at radius 2 is 2.19 bits per heavy atom. The van der Waals surface area contributed by atoms with E-state index in [9.17, 15) is 0 Å². The van der Waals surface area contributed by atoms with E-state index in [4.69, 9.17) is 9.26 Å². The highest BCUT2D eigenvalue weighted by atomic mass is 16.5. The predicted molar refractivity (Wildman–Crippen MR) is 59.2 cm³/mol. The van der Waals surface area contributed by atoms with E-state index in [1.165, 1.54) is 5.56 Å². The molecule has 0 aromatic carbocycles. The first-order valence-corrected chi connectivity index (χ1v) is 6.18. The van der Waals surface area contributed by atoms with Gasteiger partial charge in [-0.25, -0.2) is 0 Å².